The summed E-state index contributed by atoms with van der Waals surface area (Å²) in [6.45, 7) is 7.39. The largest absolute Gasteiger partial charge is 0.308 e. The van der Waals surface area contributed by atoms with Crippen molar-refractivity contribution in [3.05, 3.63) is 57.5 Å². The van der Waals surface area contributed by atoms with E-state index in [4.69, 9.17) is 11.6 Å². The molecule has 2 aromatic rings. The Morgan fingerprint density at radius 3 is 2.33 bits per heavy atom. The number of hydrogen-bond donors (Lipinski definition) is 1. The van der Waals surface area contributed by atoms with Crippen LogP contribution in [0.25, 0.3) is 0 Å². The average molecular weight is 385 g/mol. The van der Waals surface area contributed by atoms with Crippen molar-refractivity contribution >= 4 is 39.3 Å². The van der Waals surface area contributed by atoms with Gasteiger partial charge in [0, 0.05) is 31.4 Å². The first-order chi connectivity index (χ1) is 9.83. The summed E-state index contributed by atoms with van der Waals surface area (Å²) in [4.78, 5) is 2.39. The van der Waals surface area contributed by atoms with Crippen LogP contribution in [0, 0.1) is 0 Å². The van der Waals surface area contributed by atoms with Crippen molar-refractivity contribution in [2.45, 2.75) is 42.6 Å². The molecule has 0 aliphatic heterocycles. The van der Waals surface area contributed by atoms with Crippen LogP contribution in [0.5, 0.6) is 0 Å². The molecule has 4 heteroatoms. The van der Waals surface area contributed by atoms with Crippen molar-refractivity contribution in [1.29, 1.82) is 0 Å². The van der Waals surface area contributed by atoms with Crippen LogP contribution < -0.4 is 5.32 Å². The van der Waals surface area contributed by atoms with Gasteiger partial charge in [0.25, 0.3) is 0 Å². The summed E-state index contributed by atoms with van der Waals surface area (Å²) in [5, 5.41) is 4.26. The third-order valence-corrected chi connectivity index (χ3v) is 5.11. The lowest BCUT2D eigenvalue weighted by molar-refractivity contribution is 0.424. The van der Waals surface area contributed by atoms with E-state index in [0.717, 1.165) is 16.0 Å². The van der Waals surface area contributed by atoms with E-state index in [1.807, 2.05) is 24.3 Å². The first kappa shape index (κ1) is 16.9. The smallest absolute Gasteiger partial charge is 0.0406 e. The lowest BCUT2D eigenvalue weighted by Gasteiger charge is -2.20. The number of nitrogens with one attached hydrogen (secondary N) is 1. The molecule has 2 rings (SSSR count). The van der Waals surface area contributed by atoms with Crippen molar-refractivity contribution < 1.29 is 0 Å². The Kier molecular flexibility index (Phi) is 5.78. The van der Waals surface area contributed by atoms with E-state index in [1.165, 1.54) is 15.4 Å². The molecular formula is C17H19BrClNS. The van der Waals surface area contributed by atoms with Gasteiger partial charge in [-0.25, -0.2) is 0 Å². The van der Waals surface area contributed by atoms with E-state index >= 15 is 0 Å². The highest BCUT2D eigenvalue weighted by atomic mass is 79.9. The zero-order valence-electron chi connectivity index (χ0n) is 12.4. The SMILES string of the molecule is CC(C)(C)NCc1ccc(Sc2ccc(Cl)cc2)c(Br)c1. The highest BCUT2D eigenvalue weighted by Crippen LogP contribution is 2.34. The summed E-state index contributed by atoms with van der Waals surface area (Å²) in [6.07, 6.45) is 0. The van der Waals surface area contributed by atoms with Crippen molar-refractivity contribution in [2.75, 3.05) is 0 Å². The highest BCUT2D eigenvalue weighted by Gasteiger charge is 2.09. The third kappa shape index (κ3) is 5.67. The van der Waals surface area contributed by atoms with Gasteiger partial charge < -0.3 is 5.32 Å². The van der Waals surface area contributed by atoms with Crippen molar-refractivity contribution in [1.82, 2.24) is 5.32 Å². The molecule has 0 bridgehead atoms. The van der Waals surface area contributed by atoms with Crippen LogP contribution in [0.2, 0.25) is 5.02 Å². The minimum Gasteiger partial charge on any atom is -0.308 e. The molecule has 1 nitrogen and oxygen atoms in total. The molecule has 1 N–H and O–H groups in total. The van der Waals surface area contributed by atoms with Gasteiger partial charge in [-0.05, 0) is 78.7 Å². The van der Waals surface area contributed by atoms with Gasteiger partial charge in [-0.3, -0.25) is 0 Å². The van der Waals surface area contributed by atoms with Crippen LogP contribution in [0.15, 0.2) is 56.7 Å². The molecule has 0 heterocycles. The molecule has 112 valence electrons. The Morgan fingerprint density at radius 1 is 1.10 bits per heavy atom. The summed E-state index contributed by atoms with van der Waals surface area (Å²) < 4.78 is 1.12. The highest BCUT2D eigenvalue weighted by molar-refractivity contribution is 9.10. The van der Waals surface area contributed by atoms with E-state index in [9.17, 15) is 0 Å². The average Bonchev–Trinajstić information content (AvgIpc) is 2.41. The summed E-state index contributed by atoms with van der Waals surface area (Å²) in [5.41, 5.74) is 1.40. The molecule has 0 amide bonds. The molecule has 0 radical (unpaired) electrons. The standard InChI is InChI=1S/C17H19BrClNS/c1-17(2,3)20-11-12-4-9-16(15(18)10-12)21-14-7-5-13(19)6-8-14/h4-10,20H,11H2,1-3H3. The summed E-state index contributed by atoms with van der Waals surface area (Å²) in [5.74, 6) is 0. The third-order valence-electron chi connectivity index (χ3n) is 2.86. The number of benzene rings is 2. The van der Waals surface area contributed by atoms with Crippen LogP contribution in [-0.4, -0.2) is 5.54 Å². The van der Waals surface area contributed by atoms with Crippen LogP contribution >= 0.6 is 39.3 Å². The minimum absolute atomic E-state index is 0.128. The van der Waals surface area contributed by atoms with Crippen LogP contribution in [0.3, 0.4) is 0 Å². The summed E-state index contributed by atoms with van der Waals surface area (Å²) in [6, 6.07) is 14.4. The Labute approximate surface area is 144 Å². The second-order valence-corrected chi connectivity index (χ2v) is 8.33. The lowest BCUT2D eigenvalue weighted by atomic mass is 10.1. The number of rotatable bonds is 4. The van der Waals surface area contributed by atoms with Crippen molar-refractivity contribution in [2.24, 2.45) is 0 Å². The molecule has 0 spiro atoms. The van der Waals surface area contributed by atoms with E-state index in [-0.39, 0.29) is 5.54 Å². The maximum atomic E-state index is 5.91. The van der Waals surface area contributed by atoms with Gasteiger partial charge in [-0.2, -0.15) is 0 Å². The van der Waals surface area contributed by atoms with E-state index in [1.54, 1.807) is 11.8 Å². The van der Waals surface area contributed by atoms with Crippen LogP contribution in [0.4, 0.5) is 0 Å². The Hall–Kier alpha value is -0.480. The molecule has 0 saturated heterocycles. The zero-order chi connectivity index (χ0) is 15.5. The van der Waals surface area contributed by atoms with Gasteiger partial charge in [0.05, 0.1) is 0 Å². The Morgan fingerprint density at radius 2 is 1.76 bits per heavy atom. The maximum absolute atomic E-state index is 5.91. The number of hydrogen-bond acceptors (Lipinski definition) is 2. The first-order valence-electron chi connectivity index (χ1n) is 6.80. The van der Waals surface area contributed by atoms with Gasteiger partial charge in [0.1, 0.15) is 0 Å². The van der Waals surface area contributed by atoms with E-state index in [0.29, 0.717) is 0 Å². The molecule has 0 saturated carbocycles. The molecule has 0 aliphatic carbocycles. The molecule has 0 aromatic heterocycles. The van der Waals surface area contributed by atoms with Gasteiger partial charge >= 0.3 is 0 Å². The maximum Gasteiger partial charge on any atom is 0.0406 e. The zero-order valence-corrected chi connectivity index (χ0v) is 15.6. The first-order valence-corrected chi connectivity index (χ1v) is 8.79. The van der Waals surface area contributed by atoms with Gasteiger partial charge in [0.15, 0.2) is 0 Å². The van der Waals surface area contributed by atoms with Gasteiger partial charge in [0.2, 0.25) is 0 Å². The second-order valence-electron chi connectivity index (χ2n) is 5.92. The lowest BCUT2D eigenvalue weighted by Crippen LogP contribution is -2.35. The second kappa shape index (κ2) is 7.19. The van der Waals surface area contributed by atoms with E-state index < -0.39 is 0 Å². The topological polar surface area (TPSA) is 12.0 Å². The minimum atomic E-state index is 0.128. The van der Waals surface area contributed by atoms with E-state index in [2.05, 4.69) is 60.2 Å². The fourth-order valence-electron chi connectivity index (χ4n) is 1.73. The predicted molar refractivity (Wildman–Crippen MR) is 96.3 cm³/mol. The predicted octanol–water partition coefficient (Wildman–Crippen LogP) is 6.14. The molecule has 0 fully saturated rings. The Bertz CT molecular complexity index is 605. The monoisotopic (exact) mass is 383 g/mol. The fraction of sp³-hybridized carbons (Fsp3) is 0.294. The quantitative estimate of drug-likeness (QED) is 0.679. The Balaban J connectivity index is 2.07. The summed E-state index contributed by atoms with van der Waals surface area (Å²) >= 11 is 11.3. The van der Waals surface area contributed by atoms with Crippen molar-refractivity contribution in [3.8, 4) is 0 Å². The molecule has 21 heavy (non-hydrogen) atoms. The number of halogens is 2. The van der Waals surface area contributed by atoms with Crippen molar-refractivity contribution in [3.63, 3.8) is 0 Å². The van der Waals surface area contributed by atoms with Gasteiger partial charge in [-0.1, -0.05) is 29.4 Å². The molecule has 0 atom stereocenters. The van der Waals surface area contributed by atoms with Crippen LogP contribution in [0.1, 0.15) is 26.3 Å². The summed E-state index contributed by atoms with van der Waals surface area (Å²) in [7, 11) is 0. The normalized spacial score (nSPS) is 11.7. The van der Waals surface area contributed by atoms with Gasteiger partial charge in [-0.15, -0.1) is 0 Å². The fourth-order valence-corrected chi connectivity index (χ4v) is 3.35. The molecule has 0 aliphatic rings. The molecule has 0 unspecified atom stereocenters. The molecular weight excluding hydrogens is 366 g/mol. The molecule has 2 aromatic carbocycles. The van der Waals surface area contributed by atoms with Crippen LogP contribution in [-0.2, 0) is 6.54 Å².